The molecule has 0 unspecified atom stereocenters. The van der Waals surface area contributed by atoms with E-state index >= 15 is 0 Å². The Morgan fingerprint density at radius 2 is 1.95 bits per heavy atom. The second kappa shape index (κ2) is 6.51. The lowest BCUT2D eigenvalue weighted by Crippen LogP contribution is -2.13. The predicted molar refractivity (Wildman–Crippen MR) is 76.5 cm³/mol. The highest BCUT2D eigenvalue weighted by Crippen LogP contribution is 2.17. The fraction of sp³-hybridized carbons (Fsp3) is 0.133. The van der Waals surface area contributed by atoms with Crippen LogP contribution in [0.1, 0.15) is 15.9 Å². The van der Waals surface area contributed by atoms with Gasteiger partial charge in [0.1, 0.15) is 5.56 Å². The minimum Gasteiger partial charge on any atom is -0.481 e. The topological polar surface area (TPSA) is 88.5 Å². The third kappa shape index (κ3) is 3.79. The van der Waals surface area contributed by atoms with E-state index in [1.165, 1.54) is 13.3 Å². The minimum absolute atomic E-state index is 0.0509. The van der Waals surface area contributed by atoms with E-state index in [-0.39, 0.29) is 18.2 Å². The molecule has 0 atom stereocenters. The van der Waals surface area contributed by atoms with Gasteiger partial charge in [-0.15, -0.1) is 0 Å². The number of hydrogen-bond acceptors (Lipinski definition) is 4. The first kappa shape index (κ1) is 14.5. The van der Waals surface area contributed by atoms with Gasteiger partial charge in [0.15, 0.2) is 0 Å². The van der Waals surface area contributed by atoms with Gasteiger partial charge in [-0.25, -0.2) is 4.98 Å². The number of anilines is 1. The molecule has 2 N–H and O–H groups in total. The Morgan fingerprint density at radius 3 is 2.57 bits per heavy atom. The fourth-order valence-corrected chi connectivity index (χ4v) is 1.81. The number of amides is 1. The molecule has 0 saturated carbocycles. The predicted octanol–water partition coefficient (Wildman–Crippen LogP) is 1.97. The van der Waals surface area contributed by atoms with Gasteiger partial charge < -0.3 is 15.2 Å². The SMILES string of the molecule is COc1ncccc1C(=O)Nc1ccc(CC(=O)O)cc1. The van der Waals surface area contributed by atoms with Gasteiger partial charge in [0.2, 0.25) is 5.88 Å². The van der Waals surface area contributed by atoms with Gasteiger partial charge >= 0.3 is 5.97 Å². The van der Waals surface area contributed by atoms with Crippen molar-refractivity contribution < 1.29 is 19.4 Å². The van der Waals surface area contributed by atoms with Crippen molar-refractivity contribution in [3.63, 3.8) is 0 Å². The van der Waals surface area contributed by atoms with Crippen molar-refractivity contribution in [1.82, 2.24) is 4.98 Å². The summed E-state index contributed by atoms with van der Waals surface area (Å²) in [6, 6.07) is 9.87. The number of aromatic nitrogens is 1. The molecular weight excluding hydrogens is 272 g/mol. The molecule has 2 rings (SSSR count). The molecule has 21 heavy (non-hydrogen) atoms. The van der Waals surface area contributed by atoms with E-state index in [1.54, 1.807) is 36.4 Å². The molecule has 1 amide bonds. The number of carbonyl (C=O) groups excluding carboxylic acids is 1. The molecule has 0 aliphatic carbocycles. The van der Waals surface area contributed by atoms with Gasteiger partial charge in [-0.05, 0) is 29.8 Å². The molecule has 0 spiro atoms. The van der Waals surface area contributed by atoms with Crippen LogP contribution in [0.4, 0.5) is 5.69 Å². The van der Waals surface area contributed by atoms with Crippen LogP contribution in [0.5, 0.6) is 5.88 Å². The summed E-state index contributed by atoms with van der Waals surface area (Å²) in [5.74, 6) is -0.990. The lowest BCUT2D eigenvalue weighted by Gasteiger charge is -2.08. The maximum Gasteiger partial charge on any atom is 0.307 e. The zero-order valence-corrected chi connectivity index (χ0v) is 11.4. The van der Waals surface area contributed by atoms with E-state index in [9.17, 15) is 9.59 Å². The molecule has 0 saturated heterocycles. The Labute approximate surface area is 121 Å². The van der Waals surface area contributed by atoms with Crippen LogP contribution < -0.4 is 10.1 Å². The van der Waals surface area contributed by atoms with Crippen LogP contribution in [0.15, 0.2) is 42.6 Å². The van der Waals surface area contributed by atoms with Gasteiger partial charge in [-0.3, -0.25) is 9.59 Å². The van der Waals surface area contributed by atoms with Crippen molar-refractivity contribution in [3.8, 4) is 5.88 Å². The number of hydrogen-bond donors (Lipinski definition) is 2. The third-order valence-electron chi connectivity index (χ3n) is 2.78. The fourth-order valence-electron chi connectivity index (χ4n) is 1.81. The summed E-state index contributed by atoms with van der Waals surface area (Å²) in [5.41, 5.74) is 1.56. The van der Waals surface area contributed by atoms with Crippen LogP contribution >= 0.6 is 0 Å². The largest absolute Gasteiger partial charge is 0.481 e. The van der Waals surface area contributed by atoms with E-state index in [1.807, 2.05) is 0 Å². The molecule has 6 nitrogen and oxygen atoms in total. The number of carbonyl (C=O) groups is 2. The molecule has 0 fully saturated rings. The highest BCUT2D eigenvalue weighted by molar-refractivity contribution is 6.05. The van der Waals surface area contributed by atoms with Crippen LogP contribution in [-0.2, 0) is 11.2 Å². The van der Waals surface area contributed by atoms with Gasteiger partial charge in [-0.2, -0.15) is 0 Å². The maximum atomic E-state index is 12.1. The number of carboxylic acids is 1. The van der Waals surface area contributed by atoms with Gasteiger partial charge in [0.25, 0.3) is 5.91 Å². The summed E-state index contributed by atoms with van der Waals surface area (Å²) >= 11 is 0. The minimum atomic E-state index is -0.896. The van der Waals surface area contributed by atoms with Crippen molar-refractivity contribution in [2.75, 3.05) is 12.4 Å². The Morgan fingerprint density at radius 1 is 1.24 bits per heavy atom. The smallest absolute Gasteiger partial charge is 0.307 e. The summed E-state index contributed by atoms with van der Waals surface area (Å²) in [5, 5.41) is 11.4. The summed E-state index contributed by atoms with van der Waals surface area (Å²) < 4.78 is 5.03. The first-order valence-electron chi connectivity index (χ1n) is 6.21. The molecule has 1 aromatic carbocycles. The van der Waals surface area contributed by atoms with E-state index in [2.05, 4.69) is 10.3 Å². The van der Waals surface area contributed by atoms with Gasteiger partial charge in [-0.1, -0.05) is 12.1 Å². The van der Waals surface area contributed by atoms with Crippen LogP contribution in [0.2, 0.25) is 0 Å². The molecule has 0 aliphatic rings. The summed E-state index contributed by atoms with van der Waals surface area (Å²) in [6.45, 7) is 0. The van der Waals surface area contributed by atoms with Crippen LogP contribution in [0.3, 0.4) is 0 Å². The summed E-state index contributed by atoms with van der Waals surface area (Å²) in [7, 11) is 1.44. The van der Waals surface area contributed by atoms with Crippen molar-refractivity contribution in [2.24, 2.45) is 0 Å². The highest BCUT2D eigenvalue weighted by atomic mass is 16.5. The molecular formula is C15H14N2O4. The molecule has 0 aliphatic heterocycles. The van der Waals surface area contributed by atoms with E-state index < -0.39 is 5.97 Å². The molecule has 108 valence electrons. The van der Waals surface area contributed by atoms with Crippen LogP contribution in [0.25, 0.3) is 0 Å². The number of pyridine rings is 1. The Kier molecular flexibility index (Phi) is 4.50. The monoisotopic (exact) mass is 286 g/mol. The van der Waals surface area contributed by atoms with E-state index in [0.717, 1.165) is 0 Å². The van der Waals surface area contributed by atoms with Gasteiger partial charge in [0, 0.05) is 11.9 Å². The average Bonchev–Trinajstić information content (AvgIpc) is 2.48. The number of nitrogens with zero attached hydrogens (tertiary/aromatic N) is 1. The molecule has 1 heterocycles. The zero-order valence-electron chi connectivity index (χ0n) is 11.4. The Hall–Kier alpha value is -2.89. The van der Waals surface area contributed by atoms with E-state index in [4.69, 9.17) is 9.84 Å². The standard InChI is InChI=1S/C15H14N2O4/c1-21-15-12(3-2-8-16-15)14(20)17-11-6-4-10(5-7-11)9-13(18)19/h2-8H,9H2,1H3,(H,17,20)(H,18,19). The first-order chi connectivity index (χ1) is 10.1. The number of ether oxygens (including phenoxy) is 1. The molecule has 0 radical (unpaired) electrons. The molecule has 6 heteroatoms. The first-order valence-corrected chi connectivity index (χ1v) is 6.21. The lowest BCUT2D eigenvalue weighted by atomic mass is 10.1. The molecule has 2 aromatic rings. The van der Waals surface area contributed by atoms with Gasteiger partial charge in [0.05, 0.1) is 13.5 Å². The van der Waals surface area contributed by atoms with Crippen LogP contribution in [0, 0.1) is 0 Å². The number of nitrogens with one attached hydrogen (secondary N) is 1. The number of rotatable bonds is 5. The van der Waals surface area contributed by atoms with E-state index in [0.29, 0.717) is 16.8 Å². The lowest BCUT2D eigenvalue weighted by molar-refractivity contribution is -0.136. The highest BCUT2D eigenvalue weighted by Gasteiger charge is 2.12. The van der Waals surface area contributed by atoms with Crippen LogP contribution in [-0.4, -0.2) is 29.1 Å². The Balaban J connectivity index is 2.10. The maximum absolute atomic E-state index is 12.1. The Bertz CT molecular complexity index is 653. The molecule has 0 bridgehead atoms. The number of aliphatic carboxylic acids is 1. The second-order valence-corrected chi connectivity index (χ2v) is 4.28. The normalized spacial score (nSPS) is 9.95. The molecule has 1 aromatic heterocycles. The summed E-state index contributed by atoms with van der Waals surface area (Å²) in [6.07, 6.45) is 1.49. The zero-order chi connectivity index (χ0) is 15.2. The van der Waals surface area contributed by atoms with Crippen molar-refractivity contribution in [3.05, 3.63) is 53.7 Å². The number of carboxylic acid groups (broad SMARTS) is 1. The number of methoxy groups -OCH3 is 1. The van der Waals surface area contributed by atoms with Crippen molar-refractivity contribution in [2.45, 2.75) is 6.42 Å². The second-order valence-electron chi connectivity index (χ2n) is 4.28. The number of benzene rings is 1. The van der Waals surface area contributed by atoms with Crippen molar-refractivity contribution in [1.29, 1.82) is 0 Å². The average molecular weight is 286 g/mol. The summed E-state index contributed by atoms with van der Waals surface area (Å²) in [4.78, 5) is 26.7. The van der Waals surface area contributed by atoms with Crippen molar-refractivity contribution >= 4 is 17.6 Å². The quantitative estimate of drug-likeness (QED) is 0.877. The third-order valence-corrected chi connectivity index (χ3v) is 2.78.